The second-order valence-corrected chi connectivity index (χ2v) is 8.04. The van der Waals surface area contributed by atoms with E-state index < -0.39 is 11.4 Å². The summed E-state index contributed by atoms with van der Waals surface area (Å²) in [6.45, 7) is 4.98. The highest BCUT2D eigenvalue weighted by molar-refractivity contribution is 5.77. The molecule has 0 amide bonds. The van der Waals surface area contributed by atoms with Gasteiger partial charge in [-0.15, -0.1) is 5.10 Å². The fourth-order valence-corrected chi connectivity index (χ4v) is 5.14. The van der Waals surface area contributed by atoms with Crippen LogP contribution in [0.1, 0.15) is 38.5 Å². The summed E-state index contributed by atoms with van der Waals surface area (Å²) >= 11 is 0. The Morgan fingerprint density at radius 2 is 2.00 bits per heavy atom. The Labute approximate surface area is 148 Å². The maximum atomic E-state index is 12.2. The summed E-state index contributed by atoms with van der Waals surface area (Å²) in [5.74, 6) is -0.334. The number of carboxylic acid groups (broad SMARTS) is 1. The largest absolute Gasteiger partial charge is 0.481 e. The van der Waals surface area contributed by atoms with E-state index in [0.29, 0.717) is 12.6 Å². The minimum Gasteiger partial charge on any atom is -0.481 e. The molecule has 0 radical (unpaired) electrons. The van der Waals surface area contributed by atoms with E-state index in [9.17, 15) is 9.90 Å². The lowest BCUT2D eigenvalue weighted by atomic mass is 9.81. The number of carbonyl (C=O) groups is 1. The minimum atomic E-state index is -0.598. The van der Waals surface area contributed by atoms with Crippen LogP contribution < -0.4 is 0 Å². The topological polar surface area (TPSA) is 87.4 Å². The Hall–Kier alpha value is -1.54. The molecule has 2 atom stereocenters. The van der Waals surface area contributed by atoms with Gasteiger partial charge in [0.25, 0.3) is 0 Å². The van der Waals surface area contributed by atoms with Crippen LogP contribution in [0.2, 0.25) is 0 Å². The highest BCUT2D eigenvalue weighted by Crippen LogP contribution is 2.44. The molecule has 8 nitrogen and oxygen atoms in total. The van der Waals surface area contributed by atoms with E-state index in [0.717, 1.165) is 39.1 Å². The third-order valence-corrected chi connectivity index (χ3v) is 6.48. The summed E-state index contributed by atoms with van der Waals surface area (Å²) in [4.78, 5) is 17.0. The molecule has 0 spiro atoms. The smallest absolute Gasteiger partial charge is 0.312 e. The summed E-state index contributed by atoms with van der Waals surface area (Å²) in [7, 11) is 0. The molecule has 4 rings (SSSR count). The van der Waals surface area contributed by atoms with Crippen molar-refractivity contribution in [3.8, 4) is 0 Å². The molecule has 3 heterocycles. The molecule has 0 aromatic carbocycles. The first-order chi connectivity index (χ1) is 12.2. The van der Waals surface area contributed by atoms with E-state index in [1.54, 1.807) is 11.0 Å². The Morgan fingerprint density at radius 1 is 1.16 bits per heavy atom. The lowest BCUT2D eigenvalue weighted by Gasteiger charge is -2.33. The van der Waals surface area contributed by atoms with Gasteiger partial charge in [0.15, 0.2) is 0 Å². The molecular weight excluding hydrogens is 320 g/mol. The first-order valence-corrected chi connectivity index (χ1v) is 9.58. The number of likely N-dealkylation sites (tertiary alicyclic amines) is 2. The molecule has 25 heavy (non-hydrogen) atoms. The molecule has 2 aliphatic heterocycles. The quantitative estimate of drug-likeness (QED) is 0.810. The van der Waals surface area contributed by atoms with Crippen molar-refractivity contribution in [1.82, 2.24) is 30.0 Å². The lowest BCUT2D eigenvalue weighted by Crippen LogP contribution is -2.43. The fourth-order valence-electron chi connectivity index (χ4n) is 5.14. The SMILES string of the molecule is O=C(O)[C@]12CN(CCCn3cnnn3)C[C@H]1CN(C1CCCCC1)C2. The molecule has 1 N–H and O–H groups in total. The van der Waals surface area contributed by atoms with Crippen molar-refractivity contribution < 1.29 is 9.90 Å². The molecule has 1 aliphatic carbocycles. The van der Waals surface area contributed by atoms with E-state index in [1.807, 2.05) is 0 Å². The minimum absolute atomic E-state index is 0.264. The van der Waals surface area contributed by atoms with Crippen molar-refractivity contribution in [2.24, 2.45) is 11.3 Å². The predicted molar refractivity (Wildman–Crippen MR) is 90.9 cm³/mol. The van der Waals surface area contributed by atoms with Gasteiger partial charge in [0, 0.05) is 44.7 Å². The van der Waals surface area contributed by atoms with E-state index in [-0.39, 0.29) is 5.92 Å². The molecule has 0 unspecified atom stereocenters. The van der Waals surface area contributed by atoms with Crippen LogP contribution >= 0.6 is 0 Å². The lowest BCUT2D eigenvalue weighted by molar-refractivity contribution is -0.149. The molecule has 3 fully saturated rings. The Balaban J connectivity index is 1.34. The molecule has 1 saturated carbocycles. The number of fused-ring (bicyclic) bond motifs is 1. The molecular formula is C17H28N6O2. The van der Waals surface area contributed by atoms with Crippen molar-refractivity contribution in [2.45, 2.75) is 51.1 Å². The van der Waals surface area contributed by atoms with Gasteiger partial charge in [-0.2, -0.15) is 0 Å². The normalized spacial score (nSPS) is 31.4. The average Bonchev–Trinajstić information content (AvgIpc) is 3.30. The van der Waals surface area contributed by atoms with Gasteiger partial charge in [0.05, 0.1) is 5.41 Å². The molecule has 1 aromatic rings. The summed E-state index contributed by atoms with van der Waals surface area (Å²) in [5, 5.41) is 21.2. The number of aromatic nitrogens is 4. The molecule has 1 aromatic heterocycles. The zero-order valence-electron chi connectivity index (χ0n) is 14.8. The number of carboxylic acids is 1. The van der Waals surface area contributed by atoms with Gasteiger partial charge in [-0.1, -0.05) is 19.3 Å². The number of nitrogens with zero attached hydrogens (tertiary/aromatic N) is 6. The van der Waals surface area contributed by atoms with Crippen molar-refractivity contribution in [2.75, 3.05) is 32.7 Å². The molecule has 2 saturated heterocycles. The molecule has 0 bridgehead atoms. The fraction of sp³-hybridized carbons (Fsp3) is 0.882. The monoisotopic (exact) mass is 348 g/mol. The van der Waals surface area contributed by atoms with Crippen molar-refractivity contribution in [3.63, 3.8) is 0 Å². The van der Waals surface area contributed by atoms with Crippen LogP contribution in [0.15, 0.2) is 6.33 Å². The Morgan fingerprint density at radius 3 is 2.68 bits per heavy atom. The second kappa shape index (κ2) is 6.99. The van der Waals surface area contributed by atoms with Crippen LogP contribution in [-0.2, 0) is 11.3 Å². The van der Waals surface area contributed by atoms with E-state index in [1.165, 1.54) is 32.1 Å². The molecule has 8 heteroatoms. The third-order valence-electron chi connectivity index (χ3n) is 6.48. The summed E-state index contributed by atoms with van der Waals surface area (Å²) < 4.78 is 1.73. The van der Waals surface area contributed by atoms with Crippen molar-refractivity contribution >= 4 is 5.97 Å². The van der Waals surface area contributed by atoms with Gasteiger partial charge < -0.3 is 10.0 Å². The van der Waals surface area contributed by atoms with Crippen molar-refractivity contribution in [1.29, 1.82) is 0 Å². The highest BCUT2D eigenvalue weighted by atomic mass is 16.4. The number of tetrazole rings is 1. The average molecular weight is 348 g/mol. The predicted octanol–water partition coefficient (Wildman–Crippen LogP) is 0.714. The van der Waals surface area contributed by atoms with Gasteiger partial charge in [0.1, 0.15) is 6.33 Å². The first kappa shape index (κ1) is 16.9. The Kier molecular flexibility index (Phi) is 4.73. The zero-order chi connectivity index (χ0) is 17.3. The summed E-state index contributed by atoms with van der Waals surface area (Å²) in [5.41, 5.74) is -0.563. The van der Waals surface area contributed by atoms with Crippen LogP contribution in [0.4, 0.5) is 0 Å². The van der Waals surface area contributed by atoms with Gasteiger partial charge in [-0.25, -0.2) is 4.68 Å². The van der Waals surface area contributed by atoms with Crippen LogP contribution in [0.5, 0.6) is 0 Å². The second-order valence-electron chi connectivity index (χ2n) is 8.04. The van der Waals surface area contributed by atoms with Gasteiger partial charge in [0.2, 0.25) is 0 Å². The standard InChI is InChI=1S/C17H28N6O2/c24-16(25)17-11-21(7-4-8-23-13-18-19-20-23)9-14(17)10-22(12-17)15-5-2-1-3-6-15/h13-15H,1-12H2,(H,24,25)/t14-,17-/m0/s1. The maximum absolute atomic E-state index is 12.2. The van der Waals surface area contributed by atoms with E-state index in [4.69, 9.17) is 0 Å². The summed E-state index contributed by atoms with van der Waals surface area (Å²) in [6.07, 6.45) is 9.01. The van der Waals surface area contributed by atoms with Gasteiger partial charge in [-0.3, -0.25) is 9.69 Å². The maximum Gasteiger partial charge on any atom is 0.312 e. The third kappa shape index (κ3) is 3.29. The molecule has 3 aliphatic rings. The van der Waals surface area contributed by atoms with Crippen molar-refractivity contribution in [3.05, 3.63) is 6.33 Å². The number of aryl methyl sites for hydroxylation is 1. The number of aliphatic carboxylic acids is 1. The first-order valence-electron chi connectivity index (χ1n) is 9.58. The van der Waals surface area contributed by atoms with E-state index in [2.05, 4.69) is 25.3 Å². The zero-order valence-corrected chi connectivity index (χ0v) is 14.8. The van der Waals surface area contributed by atoms with Gasteiger partial charge >= 0.3 is 5.97 Å². The van der Waals surface area contributed by atoms with Crippen LogP contribution in [-0.4, -0.2) is 79.8 Å². The Bertz CT molecular complexity index is 588. The highest BCUT2D eigenvalue weighted by Gasteiger charge is 2.58. The molecule has 138 valence electrons. The van der Waals surface area contributed by atoms with Gasteiger partial charge in [-0.05, 0) is 36.2 Å². The summed E-state index contributed by atoms with van der Waals surface area (Å²) in [6, 6.07) is 0.615. The van der Waals surface area contributed by atoms with Crippen LogP contribution in [0, 0.1) is 11.3 Å². The van der Waals surface area contributed by atoms with E-state index >= 15 is 0 Å². The number of rotatable bonds is 6. The van der Waals surface area contributed by atoms with Crippen LogP contribution in [0.25, 0.3) is 0 Å². The van der Waals surface area contributed by atoms with Crippen LogP contribution in [0.3, 0.4) is 0 Å². The number of hydrogen-bond donors (Lipinski definition) is 1. The number of hydrogen-bond acceptors (Lipinski definition) is 6.